The average molecular weight is 189 g/mol. The predicted octanol–water partition coefficient (Wildman–Crippen LogP) is 2.16. The Hall–Kier alpha value is -1.47. The van der Waals surface area contributed by atoms with Crippen molar-refractivity contribution >= 4 is 22.7 Å². The highest BCUT2D eigenvalue weighted by Crippen LogP contribution is 2.25. The summed E-state index contributed by atoms with van der Waals surface area (Å²) in [5, 5.41) is 16.4. The molecule has 1 aromatic heterocycles. The van der Waals surface area contributed by atoms with Crippen LogP contribution in [0.4, 0.5) is 0 Å². The van der Waals surface area contributed by atoms with Crippen molar-refractivity contribution in [2.75, 3.05) is 6.26 Å². The van der Waals surface area contributed by atoms with E-state index in [0.717, 1.165) is 15.8 Å². The zero-order chi connectivity index (χ0) is 9.26. The lowest BCUT2D eigenvalue weighted by atomic mass is 10.2. The molecule has 0 aliphatic carbocycles. The molecule has 1 aromatic carbocycles. The summed E-state index contributed by atoms with van der Waals surface area (Å²) in [4.78, 5) is 1.12. The van der Waals surface area contributed by atoms with Crippen LogP contribution in [0.25, 0.3) is 10.9 Å². The Bertz CT molecular complexity index is 481. The van der Waals surface area contributed by atoms with Crippen LogP contribution in [0.2, 0.25) is 0 Å². The molecule has 13 heavy (non-hydrogen) atoms. The molecular formula is C9H7N3S. The van der Waals surface area contributed by atoms with Gasteiger partial charge in [0.05, 0.1) is 5.52 Å². The predicted molar refractivity (Wildman–Crippen MR) is 52.6 cm³/mol. The third kappa shape index (κ3) is 1.18. The number of nitrogens with one attached hydrogen (secondary N) is 1. The fraction of sp³-hybridized carbons (Fsp3) is 0.111. The van der Waals surface area contributed by atoms with Crippen molar-refractivity contribution in [2.24, 2.45) is 0 Å². The summed E-state index contributed by atoms with van der Waals surface area (Å²) < 4.78 is 0. The van der Waals surface area contributed by atoms with E-state index in [1.54, 1.807) is 11.8 Å². The standard InChI is InChI=1S/C9H7N3S/c1-13-8-4-2-3-6-7(5-10)11-12-9(6)8/h2-4H,1H3,(H,11,12). The number of aromatic nitrogens is 2. The van der Waals surface area contributed by atoms with Crippen molar-refractivity contribution in [3.05, 3.63) is 23.9 Å². The van der Waals surface area contributed by atoms with Gasteiger partial charge in [0.1, 0.15) is 6.07 Å². The highest BCUT2D eigenvalue weighted by Gasteiger charge is 2.06. The summed E-state index contributed by atoms with van der Waals surface area (Å²) in [6, 6.07) is 7.89. The molecule has 1 N–H and O–H groups in total. The minimum Gasteiger partial charge on any atom is -0.275 e. The van der Waals surface area contributed by atoms with Gasteiger partial charge in [-0.2, -0.15) is 10.4 Å². The van der Waals surface area contributed by atoms with E-state index in [1.165, 1.54) is 0 Å². The Morgan fingerprint density at radius 3 is 3.08 bits per heavy atom. The maximum atomic E-state index is 8.75. The fourth-order valence-corrected chi connectivity index (χ4v) is 1.85. The van der Waals surface area contributed by atoms with Crippen LogP contribution in [-0.2, 0) is 0 Å². The number of hydrogen-bond acceptors (Lipinski definition) is 3. The van der Waals surface area contributed by atoms with Crippen LogP contribution in [-0.4, -0.2) is 16.5 Å². The van der Waals surface area contributed by atoms with Crippen molar-refractivity contribution < 1.29 is 0 Å². The van der Waals surface area contributed by atoms with E-state index in [0.29, 0.717) is 5.69 Å². The molecule has 3 nitrogen and oxygen atoms in total. The lowest BCUT2D eigenvalue weighted by molar-refractivity contribution is 1.09. The lowest BCUT2D eigenvalue weighted by Crippen LogP contribution is -1.74. The number of thioether (sulfide) groups is 1. The molecule has 0 bridgehead atoms. The van der Waals surface area contributed by atoms with Gasteiger partial charge in [0.2, 0.25) is 0 Å². The molecule has 64 valence electrons. The Morgan fingerprint density at radius 2 is 2.38 bits per heavy atom. The summed E-state index contributed by atoms with van der Waals surface area (Å²) in [5.74, 6) is 0. The van der Waals surface area contributed by atoms with E-state index in [-0.39, 0.29) is 0 Å². The van der Waals surface area contributed by atoms with Gasteiger partial charge in [-0.3, -0.25) is 5.10 Å². The molecule has 0 unspecified atom stereocenters. The van der Waals surface area contributed by atoms with Gasteiger partial charge >= 0.3 is 0 Å². The van der Waals surface area contributed by atoms with Crippen molar-refractivity contribution in [3.63, 3.8) is 0 Å². The molecular weight excluding hydrogens is 182 g/mol. The number of aromatic amines is 1. The fourth-order valence-electron chi connectivity index (χ4n) is 1.27. The minimum atomic E-state index is 0.464. The highest BCUT2D eigenvalue weighted by molar-refractivity contribution is 7.98. The number of hydrogen-bond donors (Lipinski definition) is 1. The van der Waals surface area contributed by atoms with E-state index in [4.69, 9.17) is 5.26 Å². The number of fused-ring (bicyclic) bond motifs is 1. The van der Waals surface area contributed by atoms with Gasteiger partial charge in [-0.05, 0) is 18.4 Å². The number of H-pyrrole nitrogens is 1. The van der Waals surface area contributed by atoms with Gasteiger partial charge in [0.15, 0.2) is 5.69 Å². The number of nitrogens with zero attached hydrogens (tertiary/aromatic N) is 2. The smallest absolute Gasteiger partial charge is 0.170 e. The third-order valence-electron chi connectivity index (χ3n) is 1.89. The van der Waals surface area contributed by atoms with Crippen LogP contribution < -0.4 is 0 Å². The van der Waals surface area contributed by atoms with E-state index < -0.39 is 0 Å². The Labute approximate surface area is 79.8 Å². The second-order valence-corrected chi connectivity index (χ2v) is 3.41. The SMILES string of the molecule is CSc1cccc2c(C#N)n[nH]c12. The molecule has 0 amide bonds. The largest absolute Gasteiger partial charge is 0.275 e. The third-order valence-corrected chi connectivity index (χ3v) is 2.67. The normalized spacial score (nSPS) is 10.2. The first-order valence-corrected chi connectivity index (χ1v) is 5.00. The van der Waals surface area contributed by atoms with Crippen LogP contribution in [0.15, 0.2) is 23.1 Å². The zero-order valence-electron chi connectivity index (χ0n) is 7.03. The summed E-state index contributed by atoms with van der Waals surface area (Å²) in [5.41, 5.74) is 1.41. The van der Waals surface area contributed by atoms with Crippen LogP contribution in [0.1, 0.15) is 5.69 Å². The second kappa shape index (κ2) is 3.11. The Balaban J connectivity index is 2.81. The molecule has 0 fully saturated rings. The van der Waals surface area contributed by atoms with E-state index in [2.05, 4.69) is 10.2 Å². The number of nitriles is 1. The lowest BCUT2D eigenvalue weighted by Gasteiger charge is -1.95. The Kier molecular flexibility index (Phi) is 1.95. The first-order valence-electron chi connectivity index (χ1n) is 3.78. The maximum Gasteiger partial charge on any atom is 0.170 e. The average Bonchev–Trinajstić information content (AvgIpc) is 2.60. The number of rotatable bonds is 1. The summed E-state index contributed by atoms with van der Waals surface area (Å²) in [7, 11) is 0. The van der Waals surface area contributed by atoms with Crippen LogP contribution in [0.3, 0.4) is 0 Å². The molecule has 0 saturated carbocycles. The topological polar surface area (TPSA) is 52.5 Å². The first kappa shape index (κ1) is 8.14. The van der Waals surface area contributed by atoms with Crippen molar-refractivity contribution in [1.82, 2.24) is 10.2 Å². The quantitative estimate of drug-likeness (QED) is 0.699. The first-order chi connectivity index (χ1) is 6.36. The molecule has 4 heteroatoms. The molecule has 2 rings (SSSR count). The van der Waals surface area contributed by atoms with Gasteiger partial charge in [0.25, 0.3) is 0 Å². The molecule has 1 heterocycles. The number of para-hydroxylation sites is 1. The second-order valence-electron chi connectivity index (χ2n) is 2.57. The zero-order valence-corrected chi connectivity index (χ0v) is 7.85. The molecule has 0 saturated heterocycles. The van der Waals surface area contributed by atoms with Crippen molar-refractivity contribution in [2.45, 2.75) is 4.90 Å². The summed E-state index contributed by atoms with van der Waals surface area (Å²) in [6.45, 7) is 0. The molecule has 0 atom stereocenters. The maximum absolute atomic E-state index is 8.75. The van der Waals surface area contributed by atoms with Gasteiger partial charge in [0, 0.05) is 10.3 Å². The van der Waals surface area contributed by atoms with Gasteiger partial charge in [-0.15, -0.1) is 11.8 Å². The van der Waals surface area contributed by atoms with Crippen LogP contribution >= 0.6 is 11.8 Å². The van der Waals surface area contributed by atoms with Crippen molar-refractivity contribution in [3.8, 4) is 6.07 Å². The highest BCUT2D eigenvalue weighted by atomic mass is 32.2. The Morgan fingerprint density at radius 1 is 1.54 bits per heavy atom. The van der Waals surface area contributed by atoms with E-state index in [1.807, 2.05) is 30.5 Å². The van der Waals surface area contributed by atoms with Crippen molar-refractivity contribution in [1.29, 1.82) is 5.26 Å². The van der Waals surface area contributed by atoms with Gasteiger partial charge in [-0.1, -0.05) is 6.07 Å². The molecule has 0 radical (unpaired) electrons. The van der Waals surface area contributed by atoms with E-state index >= 15 is 0 Å². The van der Waals surface area contributed by atoms with E-state index in [9.17, 15) is 0 Å². The summed E-state index contributed by atoms with van der Waals surface area (Å²) in [6.07, 6.45) is 2.00. The monoisotopic (exact) mass is 189 g/mol. The van der Waals surface area contributed by atoms with Crippen LogP contribution in [0, 0.1) is 11.3 Å². The summed E-state index contributed by atoms with van der Waals surface area (Å²) >= 11 is 1.64. The van der Waals surface area contributed by atoms with Gasteiger partial charge < -0.3 is 0 Å². The molecule has 2 aromatic rings. The van der Waals surface area contributed by atoms with Gasteiger partial charge in [-0.25, -0.2) is 0 Å². The van der Waals surface area contributed by atoms with Crippen LogP contribution in [0.5, 0.6) is 0 Å². The molecule has 0 spiro atoms. The minimum absolute atomic E-state index is 0.464. The molecule has 0 aliphatic rings. The molecule has 0 aliphatic heterocycles. The number of benzene rings is 1.